The molecule has 22 heavy (non-hydrogen) atoms. The van der Waals surface area contributed by atoms with Crippen LogP contribution in [0.3, 0.4) is 0 Å². The minimum Gasteiger partial charge on any atom is -0.378 e. The van der Waals surface area contributed by atoms with Gasteiger partial charge in [0.2, 0.25) is 0 Å². The third-order valence-electron chi connectivity index (χ3n) is 4.56. The molecule has 0 saturated carbocycles. The average molecular weight is 298 g/mol. The Kier molecular flexibility index (Phi) is 3.58. The molecule has 116 valence electrons. The van der Waals surface area contributed by atoms with Crippen LogP contribution in [0.4, 0.5) is 5.82 Å². The third kappa shape index (κ3) is 2.50. The van der Waals surface area contributed by atoms with Crippen molar-refractivity contribution < 1.29 is 4.74 Å². The fourth-order valence-electron chi connectivity index (χ4n) is 3.41. The van der Waals surface area contributed by atoms with E-state index in [9.17, 15) is 0 Å². The molecule has 2 aromatic heterocycles. The van der Waals surface area contributed by atoms with Crippen LogP contribution in [-0.2, 0) is 4.74 Å². The van der Waals surface area contributed by atoms with Gasteiger partial charge in [-0.2, -0.15) is 0 Å². The van der Waals surface area contributed by atoms with Crippen LogP contribution in [0.25, 0.3) is 11.0 Å². The number of aromatic amines is 1. The van der Waals surface area contributed by atoms with E-state index < -0.39 is 0 Å². The molecule has 2 aromatic rings. The monoisotopic (exact) mass is 298 g/mol. The molecule has 2 aliphatic rings. The van der Waals surface area contributed by atoms with Gasteiger partial charge in [-0.1, -0.05) is 12.2 Å². The van der Waals surface area contributed by atoms with Crippen molar-refractivity contribution in [3.63, 3.8) is 0 Å². The summed E-state index contributed by atoms with van der Waals surface area (Å²) in [4.78, 5) is 15.2. The summed E-state index contributed by atoms with van der Waals surface area (Å²) < 4.78 is 5.46. The van der Waals surface area contributed by atoms with Crippen molar-refractivity contribution in [3.05, 3.63) is 29.7 Å². The van der Waals surface area contributed by atoms with Gasteiger partial charge in [0, 0.05) is 24.7 Å². The van der Waals surface area contributed by atoms with E-state index in [4.69, 9.17) is 9.72 Å². The highest BCUT2D eigenvalue weighted by Crippen LogP contribution is 2.32. The molecule has 5 heteroatoms. The lowest BCUT2D eigenvalue weighted by atomic mass is 9.93. The molecule has 1 aliphatic carbocycles. The first-order chi connectivity index (χ1) is 10.8. The topological polar surface area (TPSA) is 54.0 Å². The quantitative estimate of drug-likeness (QED) is 0.866. The summed E-state index contributed by atoms with van der Waals surface area (Å²) in [7, 11) is 0. The Morgan fingerprint density at radius 2 is 2.14 bits per heavy atom. The van der Waals surface area contributed by atoms with Gasteiger partial charge in [-0.25, -0.2) is 9.97 Å². The van der Waals surface area contributed by atoms with E-state index in [1.165, 1.54) is 25.0 Å². The summed E-state index contributed by atoms with van der Waals surface area (Å²) in [5, 5.41) is 0. The van der Waals surface area contributed by atoms with Crippen LogP contribution in [-0.4, -0.2) is 41.3 Å². The number of ether oxygens (including phenoxy) is 1. The van der Waals surface area contributed by atoms with Gasteiger partial charge in [0.1, 0.15) is 11.3 Å². The number of morpholine rings is 1. The Morgan fingerprint density at radius 1 is 1.27 bits per heavy atom. The van der Waals surface area contributed by atoms with Gasteiger partial charge < -0.3 is 14.6 Å². The zero-order valence-corrected chi connectivity index (χ0v) is 13.0. The molecule has 1 unspecified atom stereocenters. The maximum absolute atomic E-state index is 5.46. The predicted molar refractivity (Wildman–Crippen MR) is 87.4 cm³/mol. The van der Waals surface area contributed by atoms with Crippen LogP contribution < -0.4 is 4.90 Å². The Hall–Kier alpha value is -1.88. The third-order valence-corrected chi connectivity index (χ3v) is 4.56. The molecule has 0 spiro atoms. The number of rotatable bonds is 2. The van der Waals surface area contributed by atoms with E-state index in [2.05, 4.69) is 33.1 Å². The van der Waals surface area contributed by atoms with Crippen molar-refractivity contribution in [2.75, 3.05) is 31.2 Å². The first kappa shape index (κ1) is 13.8. The van der Waals surface area contributed by atoms with Crippen LogP contribution in [0.5, 0.6) is 0 Å². The van der Waals surface area contributed by atoms with Crippen LogP contribution in [0.2, 0.25) is 0 Å². The molecule has 1 N–H and O–H groups in total. The van der Waals surface area contributed by atoms with E-state index in [1.807, 2.05) is 6.92 Å². The van der Waals surface area contributed by atoms with Gasteiger partial charge in [0.25, 0.3) is 0 Å². The van der Waals surface area contributed by atoms with Gasteiger partial charge in [0.05, 0.1) is 18.7 Å². The second-order valence-electron chi connectivity index (χ2n) is 6.14. The number of aryl methyl sites for hydroxylation is 1. The van der Waals surface area contributed by atoms with E-state index >= 15 is 0 Å². The summed E-state index contributed by atoms with van der Waals surface area (Å²) in [6.45, 7) is 5.29. The first-order valence-electron chi connectivity index (χ1n) is 8.18. The molecule has 5 nitrogen and oxygen atoms in total. The summed E-state index contributed by atoms with van der Waals surface area (Å²) in [5.41, 5.74) is 3.37. The summed E-state index contributed by atoms with van der Waals surface area (Å²) in [6, 6.07) is 2.20. The van der Waals surface area contributed by atoms with Crippen molar-refractivity contribution >= 4 is 16.9 Å². The lowest BCUT2D eigenvalue weighted by Crippen LogP contribution is -2.37. The predicted octanol–water partition coefficient (Wildman–Crippen LogP) is 2.93. The van der Waals surface area contributed by atoms with E-state index in [0.29, 0.717) is 5.92 Å². The average Bonchev–Trinajstić information content (AvgIpc) is 2.99. The van der Waals surface area contributed by atoms with Crippen LogP contribution in [0.15, 0.2) is 18.2 Å². The summed E-state index contributed by atoms with van der Waals surface area (Å²) >= 11 is 0. The molecule has 1 saturated heterocycles. The van der Waals surface area contributed by atoms with Gasteiger partial charge >= 0.3 is 0 Å². The molecule has 0 radical (unpaired) electrons. The number of aromatic nitrogens is 3. The van der Waals surface area contributed by atoms with Crippen molar-refractivity contribution in [1.82, 2.24) is 15.0 Å². The molecule has 0 bridgehead atoms. The van der Waals surface area contributed by atoms with Crippen molar-refractivity contribution in [1.29, 1.82) is 0 Å². The van der Waals surface area contributed by atoms with E-state index in [1.54, 1.807) is 0 Å². The number of hydrogen-bond acceptors (Lipinski definition) is 4. The molecular weight excluding hydrogens is 276 g/mol. The largest absolute Gasteiger partial charge is 0.378 e. The molecule has 0 amide bonds. The number of nitrogens with zero attached hydrogens (tertiary/aromatic N) is 3. The maximum atomic E-state index is 5.46. The lowest BCUT2D eigenvalue weighted by molar-refractivity contribution is 0.122. The van der Waals surface area contributed by atoms with E-state index in [0.717, 1.165) is 49.0 Å². The van der Waals surface area contributed by atoms with Crippen molar-refractivity contribution in [2.45, 2.75) is 32.1 Å². The van der Waals surface area contributed by atoms with Crippen LogP contribution in [0.1, 0.15) is 36.7 Å². The van der Waals surface area contributed by atoms with E-state index in [-0.39, 0.29) is 0 Å². The molecule has 1 fully saturated rings. The molecule has 0 aromatic carbocycles. The number of nitrogens with one attached hydrogen (secondary N) is 1. The molecule has 1 aliphatic heterocycles. The Bertz CT molecular complexity index is 700. The number of fused-ring (bicyclic) bond motifs is 1. The van der Waals surface area contributed by atoms with Gasteiger partial charge in [-0.15, -0.1) is 0 Å². The number of hydrogen-bond donors (Lipinski definition) is 1. The fraction of sp³-hybridized carbons (Fsp3) is 0.529. The second kappa shape index (κ2) is 5.72. The van der Waals surface area contributed by atoms with Crippen LogP contribution in [0, 0.1) is 6.92 Å². The summed E-state index contributed by atoms with van der Waals surface area (Å²) in [6.07, 6.45) is 8.29. The molecular formula is C17H22N4O. The maximum Gasteiger partial charge on any atom is 0.156 e. The number of H-pyrrole nitrogens is 1. The fourth-order valence-corrected chi connectivity index (χ4v) is 3.41. The molecule has 4 rings (SSSR count). The smallest absolute Gasteiger partial charge is 0.156 e. The van der Waals surface area contributed by atoms with Gasteiger partial charge in [0.15, 0.2) is 5.82 Å². The van der Waals surface area contributed by atoms with Crippen molar-refractivity contribution in [2.24, 2.45) is 0 Å². The van der Waals surface area contributed by atoms with Crippen molar-refractivity contribution in [3.8, 4) is 0 Å². The first-order valence-corrected chi connectivity index (χ1v) is 8.18. The highest BCUT2D eigenvalue weighted by molar-refractivity contribution is 5.87. The Labute approximate surface area is 130 Å². The highest BCUT2D eigenvalue weighted by atomic mass is 16.5. The normalized spacial score (nSPS) is 22.4. The zero-order valence-electron chi connectivity index (χ0n) is 13.0. The molecule has 3 heterocycles. The Balaban J connectivity index is 1.77. The second-order valence-corrected chi connectivity index (χ2v) is 6.14. The highest BCUT2D eigenvalue weighted by Gasteiger charge is 2.20. The lowest BCUT2D eigenvalue weighted by Gasteiger charge is -2.28. The van der Waals surface area contributed by atoms with Crippen LogP contribution >= 0.6 is 0 Å². The molecule has 1 atom stereocenters. The standard InChI is InChI=1S/C17H22N4O/c1-12-18-15-11-14(13-5-3-2-4-6-13)20-16(15)17(19-12)21-7-9-22-10-8-21/h3,5,11,13,20H,2,4,6-10H2,1H3. The van der Waals surface area contributed by atoms with Gasteiger partial charge in [-0.3, -0.25) is 0 Å². The number of anilines is 1. The number of allylic oxidation sites excluding steroid dienone is 2. The SMILES string of the molecule is Cc1nc(N2CCOCC2)c2[nH]c(C3C=CCCC3)cc2n1. The minimum absolute atomic E-state index is 0.487. The Morgan fingerprint density at radius 3 is 2.91 bits per heavy atom. The summed E-state index contributed by atoms with van der Waals surface area (Å²) in [5.74, 6) is 2.34. The van der Waals surface area contributed by atoms with Gasteiger partial charge in [-0.05, 0) is 32.3 Å². The minimum atomic E-state index is 0.487. The zero-order chi connectivity index (χ0) is 14.9.